The molecule has 12 heteroatoms. The molecule has 0 spiro atoms. The Morgan fingerprint density at radius 3 is 2.87 bits per heavy atom. The second kappa shape index (κ2) is 12.2. The molecule has 1 saturated carbocycles. The zero-order valence-corrected chi connectivity index (χ0v) is 23.8. The lowest BCUT2D eigenvalue weighted by Crippen LogP contribution is -2.57. The molecule has 1 aromatic heterocycles. The second-order valence-corrected chi connectivity index (χ2v) is 12.1. The first kappa shape index (κ1) is 27.8. The molecule has 2 aromatic rings. The number of amides is 3. The van der Waals surface area contributed by atoms with Gasteiger partial charge in [-0.3, -0.25) is 14.4 Å². The number of fused-ring (bicyclic) bond motifs is 2. The van der Waals surface area contributed by atoms with Crippen LogP contribution in [-0.2, 0) is 33.7 Å². The summed E-state index contributed by atoms with van der Waals surface area (Å²) in [5, 5.41) is 13.5. The smallest absolute Gasteiger partial charge is 0.280 e. The largest absolute Gasteiger partial charge is 0.383 e. The van der Waals surface area contributed by atoms with Gasteiger partial charge in [-0.1, -0.05) is 11.6 Å². The first-order chi connectivity index (χ1) is 18.8. The molecule has 1 unspecified atom stereocenters. The highest BCUT2D eigenvalue weighted by Crippen LogP contribution is 2.30. The van der Waals surface area contributed by atoms with Crippen LogP contribution in [0.2, 0.25) is 5.02 Å². The summed E-state index contributed by atoms with van der Waals surface area (Å²) in [5.41, 5.74) is 2.88. The summed E-state index contributed by atoms with van der Waals surface area (Å²) in [6, 6.07) is 4.37. The average molecular weight is 575 g/mol. The zero-order chi connectivity index (χ0) is 27.5. The summed E-state index contributed by atoms with van der Waals surface area (Å²) in [4.78, 5) is 47.4. The molecule has 3 aliphatic rings. The fourth-order valence-corrected chi connectivity index (χ4v) is 6.87. The number of carbonyl (C=O) groups excluding carboxylic acids is 3. The molecule has 5 rings (SSSR count). The number of nitrogens with zero attached hydrogens (tertiary/aromatic N) is 2. The molecule has 10 nitrogen and oxygen atoms in total. The Labute approximate surface area is 237 Å². The second-order valence-electron chi connectivity index (χ2n) is 10.6. The van der Waals surface area contributed by atoms with Crippen molar-refractivity contribution in [3.8, 4) is 0 Å². The SMILES string of the molecule is COCCNC(=O)[C@H]1CC[C@@H](NC(=O)c2nc3c(s2)CN(C)CC3)[C@@H](NC(=O)C2Cc3cc(Cl)ccc3N2)C1. The van der Waals surface area contributed by atoms with Crippen molar-refractivity contribution in [1.29, 1.82) is 0 Å². The molecule has 4 atom stereocenters. The number of hydrogen-bond donors (Lipinski definition) is 4. The van der Waals surface area contributed by atoms with Gasteiger partial charge in [0.25, 0.3) is 5.91 Å². The van der Waals surface area contributed by atoms with Gasteiger partial charge in [-0.05, 0) is 50.1 Å². The van der Waals surface area contributed by atoms with Crippen LogP contribution in [0.1, 0.15) is 45.2 Å². The van der Waals surface area contributed by atoms with E-state index in [1.807, 2.05) is 12.1 Å². The molecule has 1 fully saturated rings. The average Bonchev–Trinajstić information content (AvgIpc) is 3.53. The van der Waals surface area contributed by atoms with Crippen molar-refractivity contribution in [3.05, 3.63) is 44.4 Å². The number of halogens is 1. The van der Waals surface area contributed by atoms with Crippen LogP contribution in [0.4, 0.5) is 5.69 Å². The minimum atomic E-state index is -0.451. The Kier molecular flexibility index (Phi) is 8.70. The van der Waals surface area contributed by atoms with Crippen LogP contribution in [0.5, 0.6) is 0 Å². The zero-order valence-electron chi connectivity index (χ0n) is 22.2. The summed E-state index contributed by atoms with van der Waals surface area (Å²) < 4.78 is 5.04. The van der Waals surface area contributed by atoms with Gasteiger partial charge in [-0.25, -0.2) is 4.98 Å². The number of benzene rings is 1. The van der Waals surface area contributed by atoms with Crippen molar-refractivity contribution in [3.63, 3.8) is 0 Å². The highest BCUT2D eigenvalue weighted by Gasteiger charge is 2.38. The van der Waals surface area contributed by atoms with Gasteiger partial charge >= 0.3 is 0 Å². The Bertz CT molecular complexity index is 1240. The van der Waals surface area contributed by atoms with E-state index in [-0.39, 0.29) is 29.7 Å². The van der Waals surface area contributed by atoms with E-state index in [1.165, 1.54) is 11.3 Å². The van der Waals surface area contributed by atoms with Gasteiger partial charge in [0.2, 0.25) is 11.8 Å². The molecular formula is C27H35ClN6O4S. The summed E-state index contributed by atoms with van der Waals surface area (Å²) in [5.74, 6) is -0.727. The molecule has 2 aliphatic heterocycles. The third-order valence-electron chi connectivity index (χ3n) is 7.72. The number of likely N-dealkylation sites (N-methyl/N-ethyl adjacent to an activating group) is 1. The maximum atomic E-state index is 13.4. The molecule has 0 bridgehead atoms. The maximum Gasteiger partial charge on any atom is 0.280 e. The van der Waals surface area contributed by atoms with Crippen LogP contribution in [0.3, 0.4) is 0 Å². The Hall–Kier alpha value is -2.73. The fourth-order valence-electron chi connectivity index (χ4n) is 5.58. The van der Waals surface area contributed by atoms with Gasteiger partial charge in [-0.2, -0.15) is 0 Å². The molecule has 3 heterocycles. The van der Waals surface area contributed by atoms with Crippen LogP contribution in [0.25, 0.3) is 0 Å². The van der Waals surface area contributed by atoms with Gasteiger partial charge in [0.15, 0.2) is 5.01 Å². The fraction of sp³-hybridized carbons (Fsp3) is 0.556. The number of aromatic nitrogens is 1. The van der Waals surface area contributed by atoms with E-state index >= 15 is 0 Å². The number of thiazole rings is 1. The number of hydrogen-bond acceptors (Lipinski definition) is 8. The highest BCUT2D eigenvalue weighted by atomic mass is 35.5. The summed E-state index contributed by atoms with van der Waals surface area (Å²) in [6.07, 6.45) is 2.97. The van der Waals surface area contributed by atoms with Crippen molar-refractivity contribution in [2.75, 3.05) is 39.2 Å². The third kappa shape index (κ3) is 6.54. The van der Waals surface area contributed by atoms with Crippen molar-refractivity contribution < 1.29 is 19.1 Å². The lowest BCUT2D eigenvalue weighted by molar-refractivity contribution is -0.128. The summed E-state index contributed by atoms with van der Waals surface area (Å²) >= 11 is 7.57. The molecule has 210 valence electrons. The Morgan fingerprint density at radius 2 is 2.05 bits per heavy atom. The van der Waals surface area contributed by atoms with E-state index in [0.717, 1.165) is 41.3 Å². The number of nitrogens with one attached hydrogen (secondary N) is 4. The molecule has 4 N–H and O–H groups in total. The number of carbonyl (C=O) groups is 3. The molecule has 0 saturated heterocycles. The van der Waals surface area contributed by atoms with E-state index in [1.54, 1.807) is 13.2 Å². The van der Waals surface area contributed by atoms with Crippen LogP contribution in [0.15, 0.2) is 18.2 Å². The lowest BCUT2D eigenvalue weighted by atomic mass is 9.81. The number of rotatable bonds is 8. The van der Waals surface area contributed by atoms with Crippen LogP contribution in [0, 0.1) is 5.92 Å². The highest BCUT2D eigenvalue weighted by molar-refractivity contribution is 7.13. The van der Waals surface area contributed by atoms with Crippen LogP contribution in [-0.4, -0.2) is 79.6 Å². The van der Waals surface area contributed by atoms with Gasteiger partial charge in [0.05, 0.1) is 12.3 Å². The predicted molar refractivity (Wildman–Crippen MR) is 150 cm³/mol. The van der Waals surface area contributed by atoms with Crippen molar-refractivity contribution >= 4 is 46.3 Å². The van der Waals surface area contributed by atoms with E-state index in [2.05, 4.69) is 38.2 Å². The maximum absolute atomic E-state index is 13.4. The van der Waals surface area contributed by atoms with E-state index < -0.39 is 12.1 Å². The Morgan fingerprint density at radius 1 is 1.21 bits per heavy atom. The number of methoxy groups -OCH3 is 1. The molecule has 1 aliphatic carbocycles. The Balaban J connectivity index is 1.27. The number of ether oxygens (including phenoxy) is 1. The minimum Gasteiger partial charge on any atom is -0.383 e. The minimum absolute atomic E-state index is 0.0613. The third-order valence-corrected chi connectivity index (χ3v) is 9.04. The molecule has 0 radical (unpaired) electrons. The van der Waals surface area contributed by atoms with Crippen molar-refractivity contribution in [1.82, 2.24) is 25.8 Å². The molecule has 1 aromatic carbocycles. The van der Waals surface area contributed by atoms with Crippen LogP contribution >= 0.6 is 22.9 Å². The predicted octanol–water partition coefficient (Wildman–Crippen LogP) is 1.97. The number of anilines is 1. The summed E-state index contributed by atoms with van der Waals surface area (Å²) in [7, 11) is 3.65. The first-order valence-electron chi connectivity index (χ1n) is 13.4. The lowest BCUT2D eigenvalue weighted by Gasteiger charge is -2.36. The van der Waals surface area contributed by atoms with Gasteiger partial charge in [0, 0.05) is 73.2 Å². The molecule has 39 heavy (non-hydrogen) atoms. The van der Waals surface area contributed by atoms with Crippen molar-refractivity contribution in [2.24, 2.45) is 5.92 Å². The van der Waals surface area contributed by atoms with E-state index in [9.17, 15) is 14.4 Å². The van der Waals surface area contributed by atoms with Gasteiger partial charge in [-0.15, -0.1) is 11.3 Å². The topological polar surface area (TPSA) is 125 Å². The van der Waals surface area contributed by atoms with Crippen LogP contribution < -0.4 is 21.3 Å². The van der Waals surface area contributed by atoms with Crippen molar-refractivity contribution in [2.45, 2.75) is 56.8 Å². The standard InChI is InChI=1S/C27H35ClN6O4S/c1-34-9-7-20-23(14-34)39-27(33-20)26(37)31-19-5-3-15(24(35)29-8-10-38-2)12-21(19)32-25(36)22-13-16-11-17(28)4-6-18(16)30-22/h4,6,11,15,19,21-22,30H,3,5,7-10,12-14H2,1-2H3,(H,29,35)(H,31,37)(H,32,36)/t15-,19+,21-,22?/m0/s1. The summed E-state index contributed by atoms with van der Waals surface area (Å²) in [6.45, 7) is 2.58. The molecule has 3 amide bonds. The van der Waals surface area contributed by atoms with Gasteiger partial charge in [0.1, 0.15) is 6.04 Å². The molecular weight excluding hydrogens is 540 g/mol. The van der Waals surface area contributed by atoms with E-state index in [0.29, 0.717) is 48.9 Å². The quantitative estimate of drug-likeness (QED) is 0.355. The van der Waals surface area contributed by atoms with Gasteiger partial charge < -0.3 is 30.9 Å². The first-order valence-corrected chi connectivity index (χ1v) is 14.6. The van der Waals surface area contributed by atoms with E-state index in [4.69, 9.17) is 16.3 Å². The monoisotopic (exact) mass is 574 g/mol. The normalized spacial score (nSPS) is 24.3.